The molecule has 0 bridgehead atoms. The van der Waals surface area contributed by atoms with Gasteiger partial charge < -0.3 is 5.32 Å². The van der Waals surface area contributed by atoms with E-state index < -0.39 is 0 Å². The van der Waals surface area contributed by atoms with Crippen molar-refractivity contribution in [2.24, 2.45) is 5.92 Å². The van der Waals surface area contributed by atoms with E-state index in [0.29, 0.717) is 11.1 Å². The van der Waals surface area contributed by atoms with Crippen LogP contribution in [-0.4, -0.2) is 30.6 Å². The molecule has 0 spiro atoms. The Morgan fingerprint density at radius 1 is 1.14 bits per heavy atom. The number of likely N-dealkylation sites (tertiary alicyclic amines) is 1. The minimum Gasteiger partial charge on any atom is -0.314 e. The van der Waals surface area contributed by atoms with Crippen molar-refractivity contribution in [3.63, 3.8) is 0 Å². The average Bonchev–Trinajstić information content (AvgIpc) is 3.21. The lowest BCUT2D eigenvalue weighted by Gasteiger charge is -2.32. The van der Waals surface area contributed by atoms with Crippen LogP contribution in [-0.2, 0) is 6.54 Å². The van der Waals surface area contributed by atoms with Crippen molar-refractivity contribution in [3.8, 4) is 0 Å². The third-order valence-corrected chi connectivity index (χ3v) is 4.53. The van der Waals surface area contributed by atoms with E-state index in [1.54, 1.807) is 6.07 Å². The van der Waals surface area contributed by atoms with Gasteiger partial charge in [0.1, 0.15) is 5.82 Å². The van der Waals surface area contributed by atoms with Crippen molar-refractivity contribution in [1.82, 2.24) is 10.2 Å². The maximum Gasteiger partial charge on any atom is 0.125 e. The monoisotopic (exact) mass is 332 g/mol. The highest BCUT2D eigenvalue weighted by atomic mass is 35.5. The van der Waals surface area contributed by atoms with Crippen LogP contribution in [0.4, 0.5) is 4.39 Å². The largest absolute Gasteiger partial charge is 0.314 e. The smallest absolute Gasteiger partial charge is 0.125 e. The maximum absolute atomic E-state index is 13.3. The van der Waals surface area contributed by atoms with Gasteiger partial charge >= 0.3 is 0 Å². The highest BCUT2D eigenvalue weighted by Crippen LogP contribution is 2.28. The Morgan fingerprint density at radius 3 is 2.48 bits per heavy atom. The minimum absolute atomic E-state index is 0. The van der Waals surface area contributed by atoms with Crippen LogP contribution in [0.5, 0.6) is 0 Å². The van der Waals surface area contributed by atoms with Gasteiger partial charge in [0.15, 0.2) is 0 Å². The van der Waals surface area contributed by atoms with Crippen molar-refractivity contribution in [2.45, 2.75) is 38.3 Å². The van der Waals surface area contributed by atoms with Gasteiger partial charge in [0.05, 0.1) is 0 Å². The third-order valence-electron chi connectivity index (χ3n) is 4.31. The molecular weight excluding hydrogens is 310 g/mol. The SMILES string of the molecule is Cl.Fc1cc(Cl)cc(CN2CCC(NCC3CC3)CC2)c1. The lowest BCUT2D eigenvalue weighted by Crippen LogP contribution is -2.42. The molecule has 21 heavy (non-hydrogen) atoms. The van der Waals surface area contributed by atoms with Crippen LogP contribution in [0, 0.1) is 11.7 Å². The Balaban J connectivity index is 0.00000161. The molecule has 1 aromatic rings. The van der Waals surface area contributed by atoms with Gasteiger partial charge in [-0.25, -0.2) is 4.39 Å². The van der Waals surface area contributed by atoms with Gasteiger partial charge in [-0.1, -0.05) is 11.6 Å². The predicted octanol–water partition coefficient (Wildman–Crippen LogP) is 3.86. The summed E-state index contributed by atoms with van der Waals surface area (Å²) in [6, 6.07) is 5.48. The first-order valence-corrected chi connectivity index (χ1v) is 7.97. The Labute approximate surface area is 137 Å². The van der Waals surface area contributed by atoms with Crippen LogP contribution in [0.15, 0.2) is 18.2 Å². The summed E-state index contributed by atoms with van der Waals surface area (Å²) in [6.07, 6.45) is 5.20. The van der Waals surface area contributed by atoms with Gasteiger partial charge in [-0.05, 0) is 75.0 Å². The molecule has 1 saturated heterocycles. The molecule has 1 aliphatic carbocycles. The summed E-state index contributed by atoms with van der Waals surface area (Å²) in [6.45, 7) is 4.16. The zero-order valence-electron chi connectivity index (χ0n) is 12.2. The molecule has 3 rings (SSSR count). The van der Waals surface area contributed by atoms with Crippen LogP contribution < -0.4 is 5.32 Å². The average molecular weight is 333 g/mol. The van der Waals surface area contributed by atoms with Crippen LogP contribution >= 0.6 is 24.0 Å². The number of benzene rings is 1. The second-order valence-corrected chi connectivity index (χ2v) is 6.62. The van der Waals surface area contributed by atoms with E-state index in [2.05, 4.69) is 10.2 Å². The van der Waals surface area contributed by atoms with Crippen molar-refractivity contribution in [3.05, 3.63) is 34.6 Å². The Morgan fingerprint density at radius 2 is 1.86 bits per heavy atom. The molecule has 0 aromatic heterocycles. The van der Waals surface area contributed by atoms with Gasteiger partial charge in [0.2, 0.25) is 0 Å². The predicted molar refractivity (Wildman–Crippen MR) is 87.7 cm³/mol. The normalized spacial score (nSPS) is 20.3. The molecule has 118 valence electrons. The molecule has 0 unspecified atom stereocenters. The van der Waals surface area contributed by atoms with Crippen LogP contribution in [0.3, 0.4) is 0 Å². The molecular formula is C16H23Cl2FN2. The Bertz CT molecular complexity index is 437. The van der Waals surface area contributed by atoms with E-state index in [1.807, 2.05) is 6.07 Å². The van der Waals surface area contributed by atoms with Crippen LogP contribution in [0.1, 0.15) is 31.2 Å². The maximum atomic E-state index is 13.3. The Hall–Kier alpha value is -0.350. The molecule has 0 amide bonds. The zero-order chi connectivity index (χ0) is 13.9. The van der Waals surface area contributed by atoms with Gasteiger partial charge in [-0.15, -0.1) is 12.4 Å². The molecule has 5 heteroatoms. The number of nitrogens with one attached hydrogen (secondary N) is 1. The summed E-state index contributed by atoms with van der Waals surface area (Å²) in [7, 11) is 0. The number of piperidine rings is 1. The van der Waals surface area contributed by atoms with E-state index in [4.69, 9.17) is 11.6 Å². The highest BCUT2D eigenvalue weighted by Gasteiger charge is 2.24. The molecule has 1 saturated carbocycles. The van der Waals surface area contributed by atoms with Gasteiger partial charge in [-0.3, -0.25) is 4.90 Å². The molecule has 2 aliphatic rings. The van der Waals surface area contributed by atoms with Gasteiger partial charge in [0.25, 0.3) is 0 Å². The summed E-state index contributed by atoms with van der Waals surface area (Å²) in [5, 5.41) is 4.17. The fraction of sp³-hybridized carbons (Fsp3) is 0.625. The number of rotatable bonds is 5. The summed E-state index contributed by atoms with van der Waals surface area (Å²) < 4.78 is 13.3. The lowest BCUT2D eigenvalue weighted by atomic mass is 10.0. The summed E-state index contributed by atoms with van der Waals surface area (Å²) >= 11 is 5.90. The summed E-state index contributed by atoms with van der Waals surface area (Å²) in [4.78, 5) is 2.39. The minimum atomic E-state index is -0.242. The fourth-order valence-electron chi connectivity index (χ4n) is 2.91. The van der Waals surface area contributed by atoms with Gasteiger partial charge in [0, 0.05) is 17.6 Å². The lowest BCUT2D eigenvalue weighted by molar-refractivity contribution is 0.190. The number of hydrogen-bond donors (Lipinski definition) is 1. The molecule has 0 atom stereocenters. The first kappa shape index (κ1) is 17.0. The molecule has 2 nitrogen and oxygen atoms in total. The standard InChI is InChI=1S/C16H22ClFN2.ClH/c17-14-7-13(8-15(18)9-14)11-20-5-3-16(4-6-20)19-10-12-1-2-12;/h7-9,12,16,19H,1-6,10-11H2;1H. The summed E-state index contributed by atoms with van der Waals surface area (Å²) in [5.41, 5.74) is 0.972. The van der Waals surface area contributed by atoms with Crippen molar-refractivity contribution in [1.29, 1.82) is 0 Å². The van der Waals surface area contributed by atoms with Crippen LogP contribution in [0.2, 0.25) is 5.02 Å². The molecule has 1 N–H and O–H groups in total. The van der Waals surface area contributed by atoms with E-state index in [-0.39, 0.29) is 18.2 Å². The quantitative estimate of drug-likeness (QED) is 0.880. The van der Waals surface area contributed by atoms with Crippen molar-refractivity contribution < 1.29 is 4.39 Å². The number of halogens is 3. The topological polar surface area (TPSA) is 15.3 Å². The van der Waals surface area contributed by atoms with E-state index in [0.717, 1.165) is 31.1 Å². The zero-order valence-corrected chi connectivity index (χ0v) is 13.7. The highest BCUT2D eigenvalue weighted by molar-refractivity contribution is 6.30. The Kier molecular flexibility index (Phi) is 6.30. The molecule has 1 heterocycles. The molecule has 1 aromatic carbocycles. The summed E-state index contributed by atoms with van der Waals surface area (Å²) in [5.74, 6) is 0.705. The first-order valence-electron chi connectivity index (χ1n) is 7.60. The number of nitrogens with zero attached hydrogens (tertiary/aromatic N) is 1. The first-order chi connectivity index (χ1) is 9.69. The van der Waals surface area contributed by atoms with E-state index >= 15 is 0 Å². The fourth-order valence-corrected chi connectivity index (χ4v) is 3.16. The third kappa shape index (κ3) is 5.41. The molecule has 2 fully saturated rings. The van der Waals surface area contributed by atoms with Crippen molar-refractivity contribution in [2.75, 3.05) is 19.6 Å². The molecule has 0 radical (unpaired) electrons. The van der Waals surface area contributed by atoms with E-state index in [9.17, 15) is 4.39 Å². The van der Waals surface area contributed by atoms with E-state index in [1.165, 1.54) is 38.3 Å². The van der Waals surface area contributed by atoms with Gasteiger partial charge in [-0.2, -0.15) is 0 Å². The molecule has 1 aliphatic heterocycles. The second kappa shape index (κ2) is 7.77. The van der Waals surface area contributed by atoms with Crippen molar-refractivity contribution >= 4 is 24.0 Å². The second-order valence-electron chi connectivity index (χ2n) is 6.18. The number of hydrogen-bond acceptors (Lipinski definition) is 2. The van der Waals surface area contributed by atoms with Crippen LogP contribution in [0.25, 0.3) is 0 Å².